The Morgan fingerprint density at radius 3 is 2.06 bits per heavy atom. The van der Waals surface area contributed by atoms with Crippen LogP contribution in [0.3, 0.4) is 0 Å². The largest absolute Gasteiger partial charge is 0.481 e. The molecule has 0 amide bonds. The molecule has 0 saturated carbocycles. The molecule has 1 atom stereocenters. The van der Waals surface area contributed by atoms with Crippen LogP contribution >= 0.6 is 12.6 Å². The van der Waals surface area contributed by atoms with Gasteiger partial charge in [0, 0.05) is 18.6 Å². The molecule has 16 heavy (non-hydrogen) atoms. The Bertz CT molecular complexity index is 289. The zero-order chi connectivity index (χ0) is 12.8. The fraction of sp³-hybridized carbons (Fsp3) is 0.700. The molecule has 0 fully saturated rings. The number of thiol groups is 1. The summed E-state index contributed by atoms with van der Waals surface area (Å²) in [4.78, 5) is 33.3. The van der Waals surface area contributed by atoms with Crippen molar-refractivity contribution in [1.82, 2.24) is 0 Å². The summed E-state index contributed by atoms with van der Waals surface area (Å²) in [7, 11) is 0. The number of rotatable bonds is 8. The summed E-state index contributed by atoms with van der Waals surface area (Å²) in [5, 5.41) is 17.6. The monoisotopic (exact) mass is 248 g/mol. The predicted octanol–water partition coefficient (Wildman–Crippen LogP) is 1.22. The van der Waals surface area contributed by atoms with Gasteiger partial charge in [0.1, 0.15) is 5.41 Å². The highest BCUT2D eigenvalue weighted by Crippen LogP contribution is 2.29. The van der Waals surface area contributed by atoms with Crippen LogP contribution in [0, 0.1) is 5.41 Å². The van der Waals surface area contributed by atoms with Gasteiger partial charge in [0.2, 0.25) is 0 Å². The number of carboxylic acids is 2. The highest BCUT2D eigenvalue weighted by Gasteiger charge is 2.43. The van der Waals surface area contributed by atoms with Gasteiger partial charge in [-0.25, -0.2) is 0 Å². The molecular weight excluding hydrogens is 232 g/mol. The van der Waals surface area contributed by atoms with Gasteiger partial charge in [-0.2, -0.15) is 12.6 Å². The van der Waals surface area contributed by atoms with E-state index >= 15 is 0 Å². The molecule has 0 aliphatic rings. The zero-order valence-electron chi connectivity index (χ0n) is 9.10. The lowest BCUT2D eigenvalue weighted by molar-refractivity contribution is -0.154. The van der Waals surface area contributed by atoms with Crippen LogP contribution in [0.15, 0.2) is 0 Å². The van der Waals surface area contributed by atoms with E-state index in [4.69, 9.17) is 10.2 Å². The smallest absolute Gasteiger partial charge is 0.318 e. The Balaban J connectivity index is 4.91. The molecule has 0 spiro atoms. The molecule has 0 bridgehead atoms. The van der Waals surface area contributed by atoms with Gasteiger partial charge < -0.3 is 10.2 Å². The SMILES string of the molecule is CCCC(=O)[C@@](CS)(CCC(=O)O)C(=O)O. The minimum Gasteiger partial charge on any atom is -0.481 e. The van der Waals surface area contributed by atoms with Gasteiger partial charge in [0.05, 0.1) is 0 Å². The third kappa shape index (κ3) is 3.52. The quantitative estimate of drug-likeness (QED) is 0.444. The van der Waals surface area contributed by atoms with Crippen molar-refractivity contribution >= 4 is 30.4 Å². The van der Waals surface area contributed by atoms with Crippen molar-refractivity contribution in [1.29, 1.82) is 0 Å². The number of Topliss-reactive ketones (excluding diaryl/α,β-unsaturated/α-hetero) is 1. The van der Waals surface area contributed by atoms with Crippen molar-refractivity contribution in [2.24, 2.45) is 5.41 Å². The summed E-state index contributed by atoms with van der Waals surface area (Å²) in [5.74, 6) is -3.02. The molecule has 0 heterocycles. The Hall–Kier alpha value is -1.04. The van der Waals surface area contributed by atoms with Crippen molar-refractivity contribution < 1.29 is 24.6 Å². The molecule has 0 rings (SSSR count). The van der Waals surface area contributed by atoms with Gasteiger partial charge in [-0.15, -0.1) is 0 Å². The van der Waals surface area contributed by atoms with E-state index in [1.165, 1.54) is 0 Å². The number of ketones is 1. The van der Waals surface area contributed by atoms with Crippen LogP contribution in [0.1, 0.15) is 32.6 Å². The van der Waals surface area contributed by atoms with Crippen molar-refractivity contribution in [3.63, 3.8) is 0 Å². The van der Waals surface area contributed by atoms with Gasteiger partial charge in [-0.05, 0) is 12.8 Å². The molecule has 0 aromatic rings. The van der Waals surface area contributed by atoms with Gasteiger partial charge >= 0.3 is 11.9 Å². The van der Waals surface area contributed by atoms with E-state index < -0.39 is 23.1 Å². The van der Waals surface area contributed by atoms with Gasteiger partial charge in [0.15, 0.2) is 5.78 Å². The second-order valence-corrected chi connectivity index (χ2v) is 3.93. The maximum Gasteiger partial charge on any atom is 0.318 e. The Kier molecular flexibility index (Phi) is 6.10. The molecule has 5 nitrogen and oxygen atoms in total. The summed E-state index contributed by atoms with van der Waals surface area (Å²) in [6.45, 7) is 1.76. The van der Waals surface area contributed by atoms with Crippen LogP contribution in [-0.2, 0) is 14.4 Å². The standard InChI is InChI=1S/C10H16O5S/c1-2-3-7(11)10(6-16,9(14)15)5-4-8(12)13/h16H,2-6H2,1H3,(H,12,13)(H,14,15)/t10-/m0/s1. The first-order valence-corrected chi connectivity index (χ1v) is 5.63. The van der Waals surface area contributed by atoms with Crippen LogP contribution in [-0.4, -0.2) is 33.7 Å². The summed E-state index contributed by atoms with van der Waals surface area (Å²) >= 11 is 3.88. The number of aliphatic carboxylic acids is 2. The van der Waals surface area contributed by atoms with E-state index in [-0.39, 0.29) is 25.0 Å². The van der Waals surface area contributed by atoms with Crippen LogP contribution in [0.25, 0.3) is 0 Å². The second-order valence-electron chi connectivity index (χ2n) is 3.61. The van der Waals surface area contributed by atoms with Crippen LogP contribution < -0.4 is 0 Å². The molecule has 0 aromatic carbocycles. The molecule has 2 N–H and O–H groups in total. The first-order chi connectivity index (χ1) is 7.40. The topological polar surface area (TPSA) is 91.7 Å². The summed E-state index contributed by atoms with van der Waals surface area (Å²) < 4.78 is 0. The molecule has 0 aromatic heterocycles. The summed E-state index contributed by atoms with van der Waals surface area (Å²) in [6.07, 6.45) is 0.115. The number of hydrogen-bond acceptors (Lipinski definition) is 4. The number of hydrogen-bond donors (Lipinski definition) is 3. The second kappa shape index (κ2) is 6.52. The number of carbonyl (C=O) groups excluding carboxylic acids is 1. The molecule has 0 saturated heterocycles. The highest BCUT2D eigenvalue weighted by molar-refractivity contribution is 7.80. The maximum atomic E-state index is 11.7. The van der Waals surface area contributed by atoms with E-state index in [1.807, 2.05) is 0 Å². The first-order valence-electron chi connectivity index (χ1n) is 5.00. The predicted molar refractivity (Wildman–Crippen MR) is 60.7 cm³/mol. The molecule has 0 aliphatic carbocycles. The Morgan fingerprint density at radius 2 is 1.75 bits per heavy atom. The van der Waals surface area contributed by atoms with Gasteiger partial charge in [0.25, 0.3) is 0 Å². The minimum absolute atomic E-state index is 0.131. The lowest BCUT2D eigenvalue weighted by Gasteiger charge is -2.25. The fourth-order valence-corrected chi connectivity index (χ4v) is 1.86. The number of carbonyl (C=O) groups is 3. The van der Waals surface area contributed by atoms with Crippen LogP contribution in [0.2, 0.25) is 0 Å². The van der Waals surface area contributed by atoms with Crippen LogP contribution in [0.4, 0.5) is 0 Å². The Morgan fingerprint density at radius 1 is 1.19 bits per heavy atom. The zero-order valence-corrected chi connectivity index (χ0v) is 10.00. The maximum absolute atomic E-state index is 11.7. The Labute approximate surface area is 99.3 Å². The minimum atomic E-state index is -1.66. The lowest BCUT2D eigenvalue weighted by atomic mass is 9.79. The average Bonchev–Trinajstić information content (AvgIpc) is 2.18. The average molecular weight is 248 g/mol. The van der Waals surface area contributed by atoms with E-state index in [1.54, 1.807) is 6.92 Å². The van der Waals surface area contributed by atoms with Gasteiger partial charge in [-0.3, -0.25) is 14.4 Å². The van der Waals surface area contributed by atoms with Gasteiger partial charge in [-0.1, -0.05) is 6.92 Å². The summed E-state index contributed by atoms with van der Waals surface area (Å²) in [5.41, 5.74) is -1.66. The molecular formula is C10H16O5S. The third-order valence-electron chi connectivity index (χ3n) is 2.46. The normalized spacial score (nSPS) is 14.1. The van der Waals surface area contributed by atoms with Crippen molar-refractivity contribution in [3.8, 4) is 0 Å². The van der Waals surface area contributed by atoms with Crippen LogP contribution in [0.5, 0.6) is 0 Å². The fourth-order valence-electron chi connectivity index (χ4n) is 1.39. The number of carboxylic acid groups (broad SMARTS) is 2. The van der Waals surface area contributed by atoms with Crippen molar-refractivity contribution in [2.75, 3.05) is 5.75 Å². The lowest BCUT2D eigenvalue weighted by Crippen LogP contribution is -2.41. The molecule has 6 heteroatoms. The van der Waals surface area contributed by atoms with E-state index in [2.05, 4.69) is 12.6 Å². The highest BCUT2D eigenvalue weighted by atomic mass is 32.1. The summed E-state index contributed by atoms with van der Waals surface area (Å²) in [6, 6.07) is 0. The van der Waals surface area contributed by atoms with Crippen molar-refractivity contribution in [2.45, 2.75) is 32.6 Å². The van der Waals surface area contributed by atoms with Crippen molar-refractivity contribution in [3.05, 3.63) is 0 Å². The molecule has 0 radical (unpaired) electrons. The third-order valence-corrected chi connectivity index (χ3v) is 3.00. The van der Waals surface area contributed by atoms with E-state index in [0.717, 1.165) is 0 Å². The molecule has 92 valence electrons. The molecule has 0 aliphatic heterocycles. The van der Waals surface area contributed by atoms with E-state index in [9.17, 15) is 14.4 Å². The van der Waals surface area contributed by atoms with E-state index in [0.29, 0.717) is 6.42 Å². The molecule has 0 unspecified atom stereocenters. The first kappa shape index (κ1) is 15.0.